The molecule has 0 bridgehead atoms. The highest BCUT2D eigenvalue weighted by atomic mass is 16.2. The van der Waals surface area contributed by atoms with E-state index in [9.17, 15) is 4.79 Å². The van der Waals surface area contributed by atoms with Crippen molar-refractivity contribution in [2.45, 2.75) is 83.7 Å². The molecule has 0 aromatic carbocycles. The van der Waals surface area contributed by atoms with Crippen LogP contribution in [0.2, 0.25) is 0 Å². The van der Waals surface area contributed by atoms with E-state index >= 15 is 0 Å². The Labute approximate surface area is 165 Å². The molecule has 0 radical (unpaired) electrons. The van der Waals surface area contributed by atoms with Crippen LogP contribution < -0.4 is 5.32 Å². The topological polar surface area (TPSA) is 32.3 Å². The molecule has 27 heavy (non-hydrogen) atoms. The summed E-state index contributed by atoms with van der Waals surface area (Å²) >= 11 is 0. The first kappa shape index (κ1) is 19.0. The molecule has 4 aliphatic rings. The second kappa shape index (κ2) is 7.97. The van der Waals surface area contributed by atoms with Crippen LogP contribution in [0.1, 0.15) is 71.6 Å². The van der Waals surface area contributed by atoms with Gasteiger partial charge in [0.2, 0.25) is 5.91 Å². The van der Waals surface area contributed by atoms with E-state index in [2.05, 4.69) is 48.0 Å². The molecule has 1 N–H and O–H groups in total. The predicted molar refractivity (Wildman–Crippen MR) is 110 cm³/mol. The monoisotopic (exact) mass is 368 g/mol. The number of allylic oxidation sites excluding steroid dienone is 3. The Hall–Kier alpha value is -1.31. The van der Waals surface area contributed by atoms with Crippen LogP contribution in [-0.4, -0.2) is 36.0 Å². The zero-order chi connectivity index (χ0) is 18.9. The van der Waals surface area contributed by atoms with E-state index < -0.39 is 0 Å². The summed E-state index contributed by atoms with van der Waals surface area (Å²) < 4.78 is 0. The SMILES string of the molecule is CCC(CC)NC(=O)C1CC2(CCN(C3CCCC3)CC2)C2=C=CC=CC21. The highest BCUT2D eigenvalue weighted by Crippen LogP contribution is 2.56. The third-order valence-corrected chi connectivity index (χ3v) is 7.87. The number of likely N-dealkylation sites (tertiary alicyclic amines) is 1. The number of fused-ring (bicyclic) bond motifs is 2. The number of nitrogens with zero attached hydrogens (tertiary/aromatic N) is 1. The molecule has 3 heteroatoms. The van der Waals surface area contributed by atoms with Gasteiger partial charge in [0.05, 0.1) is 0 Å². The van der Waals surface area contributed by atoms with Crippen LogP contribution in [0.25, 0.3) is 0 Å². The Balaban J connectivity index is 1.49. The lowest BCUT2D eigenvalue weighted by Crippen LogP contribution is -2.44. The molecule has 2 atom stereocenters. The molecular formula is C24H36N2O. The van der Waals surface area contributed by atoms with E-state index in [-0.39, 0.29) is 23.2 Å². The quantitative estimate of drug-likeness (QED) is 0.719. The maximum absolute atomic E-state index is 13.1. The molecule has 3 aliphatic carbocycles. The van der Waals surface area contributed by atoms with Gasteiger partial charge in [0.15, 0.2) is 0 Å². The lowest BCUT2D eigenvalue weighted by molar-refractivity contribution is -0.126. The molecule has 3 fully saturated rings. The minimum absolute atomic E-state index is 0.0936. The Kier molecular flexibility index (Phi) is 5.62. The summed E-state index contributed by atoms with van der Waals surface area (Å²) in [4.78, 5) is 15.9. The van der Waals surface area contributed by atoms with Crippen LogP contribution >= 0.6 is 0 Å². The second-order valence-electron chi connectivity index (χ2n) is 9.22. The zero-order valence-corrected chi connectivity index (χ0v) is 17.2. The fraction of sp³-hybridized carbons (Fsp3) is 0.750. The Bertz CT molecular complexity index is 639. The van der Waals surface area contributed by atoms with Crippen LogP contribution in [0.4, 0.5) is 0 Å². The number of nitrogens with one attached hydrogen (secondary N) is 1. The first-order valence-corrected chi connectivity index (χ1v) is 11.3. The number of hydrogen-bond donors (Lipinski definition) is 1. The molecule has 1 heterocycles. The second-order valence-corrected chi connectivity index (χ2v) is 9.22. The Morgan fingerprint density at radius 2 is 1.96 bits per heavy atom. The van der Waals surface area contributed by atoms with E-state index in [1.165, 1.54) is 57.2 Å². The van der Waals surface area contributed by atoms with Gasteiger partial charge in [0, 0.05) is 29.3 Å². The van der Waals surface area contributed by atoms with Crippen LogP contribution in [0, 0.1) is 17.3 Å². The summed E-state index contributed by atoms with van der Waals surface area (Å²) in [5.74, 6) is 0.633. The highest BCUT2D eigenvalue weighted by Gasteiger charge is 2.52. The van der Waals surface area contributed by atoms with Crippen molar-refractivity contribution in [2.24, 2.45) is 17.3 Å². The summed E-state index contributed by atoms with van der Waals surface area (Å²) in [6, 6.07) is 1.14. The van der Waals surface area contributed by atoms with Crippen molar-refractivity contribution < 1.29 is 4.79 Å². The molecule has 1 saturated heterocycles. The number of piperidine rings is 1. The Morgan fingerprint density at radius 1 is 1.26 bits per heavy atom. The molecule has 1 spiro atoms. The van der Waals surface area contributed by atoms with Crippen LogP contribution in [0.5, 0.6) is 0 Å². The fourth-order valence-electron chi connectivity index (χ4n) is 6.12. The summed E-state index contributed by atoms with van der Waals surface area (Å²) in [5, 5.41) is 3.33. The molecule has 0 aromatic heterocycles. The van der Waals surface area contributed by atoms with Crippen molar-refractivity contribution in [3.8, 4) is 0 Å². The number of carbonyl (C=O) groups excluding carboxylic acids is 1. The standard InChI is InChI=1S/C24H36N2O/c1-3-18(4-2)25-23(27)21-17-24(22-12-8-7-11-20(21)22)13-15-26(16-14-24)19-9-5-6-10-19/h7-8,11,18-21H,3-6,9-10,13-17H2,1-2H3,(H,25,27). The zero-order valence-electron chi connectivity index (χ0n) is 17.2. The summed E-state index contributed by atoms with van der Waals surface area (Å²) in [5.41, 5.74) is 5.24. The molecule has 2 unspecified atom stereocenters. The third kappa shape index (κ3) is 3.57. The molecule has 2 saturated carbocycles. The van der Waals surface area contributed by atoms with Gasteiger partial charge in [0.25, 0.3) is 0 Å². The van der Waals surface area contributed by atoms with Gasteiger partial charge in [-0.05, 0) is 69.7 Å². The van der Waals surface area contributed by atoms with Crippen molar-refractivity contribution in [2.75, 3.05) is 13.1 Å². The minimum atomic E-state index is 0.0936. The summed E-state index contributed by atoms with van der Waals surface area (Å²) in [6.45, 7) is 6.73. The average molecular weight is 369 g/mol. The normalized spacial score (nSPS) is 30.1. The predicted octanol–water partition coefficient (Wildman–Crippen LogP) is 4.60. The van der Waals surface area contributed by atoms with Gasteiger partial charge in [-0.2, -0.15) is 0 Å². The largest absolute Gasteiger partial charge is 0.353 e. The lowest BCUT2D eigenvalue weighted by Gasteiger charge is -2.42. The van der Waals surface area contributed by atoms with Crippen LogP contribution in [-0.2, 0) is 4.79 Å². The summed E-state index contributed by atoms with van der Waals surface area (Å²) in [7, 11) is 0. The van der Waals surface area contributed by atoms with E-state index in [0.29, 0.717) is 6.04 Å². The van der Waals surface area contributed by atoms with Crippen molar-refractivity contribution in [3.05, 3.63) is 29.5 Å². The fourth-order valence-corrected chi connectivity index (χ4v) is 6.12. The molecule has 148 valence electrons. The van der Waals surface area contributed by atoms with Gasteiger partial charge in [-0.1, -0.05) is 38.8 Å². The van der Waals surface area contributed by atoms with Gasteiger partial charge >= 0.3 is 0 Å². The number of rotatable bonds is 5. The van der Waals surface area contributed by atoms with E-state index in [4.69, 9.17) is 0 Å². The number of carbonyl (C=O) groups is 1. The van der Waals surface area contributed by atoms with Gasteiger partial charge in [-0.15, -0.1) is 5.73 Å². The Morgan fingerprint density at radius 3 is 2.63 bits per heavy atom. The van der Waals surface area contributed by atoms with Gasteiger partial charge in [0.1, 0.15) is 0 Å². The molecule has 4 rings (SSSR count). The van der Waals surface area contributed by atoms with Gasteiger partial charge < -0.3 is 10.2 Å². The van der Waals surface area contributed by atoms with Crippen LogP contribution in [0.3, 0.4) is 0 Å². The van der Waals surface area contributed by atoms with Crippen molar-refractivity contribution in [1.29, 1.82) is 0 Å². The lowest BCUT2D eigenvalue weighted by atomic mass is 9.72. The van der Waals surface area contributed by atoms with Crippen molar-refractivity contribution in [1.82, 2.24) is 10.2 Å². The molecule has 3 nitrogen and oxygen atoms in total. The molecule has 1 amide bonds. The maximum Gasteiger partial charge on any atom is 0.224 e. The highest BCUT2D eigenvalue weighted by molar-refractivity contribution is 5.81. The smallest absolute Gasteiger partial charge is 0.224 e. The first-order chi connectivity index (χ1) is 13.2. The van der Waals surface area contributed by atoms with Gasteiger partial charge in [-0.25, -0.2) is 0 Å². The number of amides is 1. The maximum atomic E-state index is 13.1. The average Bonchev–Trinajstić information content (AvgIpc) is 3.35. The van der Waals surface area contributed by atoms with E-state index in [1.54, 1.807) is 0 Å². The van der Waals surface area contributed by atoms with Crippen molar-refractivity contribution in [3.63, 3.8) is 0 Å². The third-order valence-electron chi connectivity index (χ3n) is 7.87. The van der Waals surface area contributed by atoms with Crippen molar-refractivity contribution >= 4 is 5.91 Å². The molecule has 0 aromatic rings. The van der Waals surface area contributed by atoms with Crippen LogP contribution in [0.15, 0.2) is 29.5 Å². The summed E-state index contributed by atoms with van der Waals surface area (Å²) in [6.07, 6.45) is 17.5. The molecular weight excluding hydrogens is 332 g/mol. The first-order valence-electron chi connectivity index (χ1n) is 11.3. The van der Waals surface area contributed by atoms with Gasteiger partial charge in [-0.3, -0.25) is 4.79 Å². The number of hydrogen-bond acceptors (Lipinski definition) is 2. The van der Waals surface area contributed by atoms with E-state index in [1.807, 2.05) is 0 Å². The minimum Gasteiger partial charge on any atom is -0.353 e. The van der Waals surface area contributed by atoms with E-state index in [0.717, 1.165) is 25.3 Å². The molecule has 1 aliphatic heterocycles.